The van der Waals surface area contributed by atoms with E-state index in [1.165, 1.54) is 64.7 Å². The molecule has 19 heavy (non-hydrogen) atoms. The monoisotopic (exact) mass is 268 g/mol. The first-order chi connectivity index (χ1) is 9.08. The number of hydrogen-bond acceptors (Lipinski definition) is 2. The van der Waals surface area contributed by atoms with Crippen molar-refractivity contribution >= 4 is 0 Å². The van der Waals surface area contributed by atoms with Gasteiger partial charge in [0.2, 0.25) is 0 Å². The summed E-state index contributed by atoms with van der Waals surface area (Å²) >= 11 is 0. The maximum absolute atomic E-state index is 3.75. The average molecular weight is 268 g/mol. The molecule has 1 atom stereocenters. The van der Waals surface area contributed by atoms with Gasteiger partial charge in [0, 0.05) is 12.6 Å². The van der Waals surface area contributed by atoms with E-state index in [9.17, 15) is 0 Å². The van der Waals surface area contributed by atoms with Gasteiger partial charge < -0.3 is 10.2 Å². The van der Waals surface area contributed by atoms with Crippen molar-refractivity contribution in [3.63, 3.8) is 0 Å². The van der Waals surface area contributed by atoms with Gasteiger partial charge in [0.1, 0.15) is 0 Å². The molecule has 2 heteroatoms. The quantitative estimate of drug-likeness (QED) is 0.718. The molecule has 2 nitrogen and oxygen atoms in total. The van der Waals surface area contributed by atoms with Crippen LogP contribution < -0.4 is 5.32 Å². The molecule has 1 aliphatic heterocycles. The summed E-state index contributed by atoms with van der Waals surface area (Å²) in [5, 5.41) is 3.75. The fourth-order valence-electron chi connectivity index (χ4n) is 2.74. The minimum absolute atomic E-state index is 0.738. The highest BCUT2D eigenvalue weighted by molar-refractivity contribution is 4.75. The van der Waals surface area contributed by atoms with Crippen LogP contribution in [0.4, 0.5) is 0 Å². The molecule has 0 aromatic carbocycles. The summed E-state index contributed by atoms with van der Waals surface area (Å²) in [5.41, 5.74) is 0. The van der Waals surface area contributed by atoms with E-state index >= 15 is 0 Å². The summed E-state index contributed by atoms with van der Waals surface area (Å²) in [5.74, 6) is 1.65. The van der Waals surface area contributed by atoms with Gasteiger partial charge in [-0.25, -0.2) is 0 Å². The Hall–Kier alpha value is -0.0800. The number of rotatable bonds is 8. The molecule has 0 amide bonds. The summed E-state index contributed by atoms with van der Waals surface area (Å²) in [4.78, 5) is 2.71. The van der Waals surface area contributed by atoms with E-state index in [0.717, 1.165) is 17.9 Å². The van der Waals surface area contributed by atoms with E-state index < -0.39 is 0 Å². The first-order valence-corrected chi connectivity index (χ1v) is 8.53. The number of nitrogens with zero attached hydrogens (tertiary/aromatic N) is 1. The summed E-state index contributed by atoms with van der Waals surface area (Å²) < 4.78 is 0. The van der Waals surface area contributed by atoms with E-state index in [-0.39, 0.29) is 0 Å². The van der Waals surface area contributed by atoms with Crippen molar-refractivity contribution in [3.8, 4) is 0 Å². The standard InChI is InChI=1S/C17H36N2/c1-15(2)9-12-19(13-10-16(3)4)14-17-8-6-5-7-11-18-17/h15-18H,5-14H2,1-4H3/t17-/m0/s1. The Balaban J connectivity index is 2.36. The lowest BCUT2D eigenvalue weighted by atomic mass is 10.1. The molecule has 0 bridgehead atoms. The number of nitrogens with one attached hydrogen (secondary N) is 1. The minimum atomic E-state index is 0.738. The van der Waals surface area contributed by atoms with E-state index in [0.29, 0.717) is 0 Å². The van der Waals surface area contributed by atoms with Gasteiger partial charge in [0.05, 0.1) is 0 Å². The molecule has 0 radical (unpaired) electrons. The lowest BCUT2D eigenvalue weighted by Gasteiger charge is -2.28. The van der Waals surface area contributed by atoms with E-state index in [1.54, 1.807) is 0 Å². The summed E-state index contributed by atoms with van der Waals surface area (Å²) in [6.45, 7) is 14.4. The van der Waals surface area contributed by atoms with Crippen LogP contribution in [0.1, 0.15) is 66.2 Å². The topological polar surface area (TPSA) is 15.3 Å². The minimum Gasteiger partial charge on any atom is -0.313 e. The molecule has 1 aliphatic rings. The molecule has 0 aromatic rings. The van der Waals surface area contributed by atoms with Crippen molar-refractivity contribution in [2.45, 2.75) is 72.3 Å². The zero-order valence-corrected chi connectivity index (χ0v) is 13.8. The molecule has 1 rings (SSSR count). The van der Waals surface area contributed by atoms with Gasteiger partial charge in [-0.15, -0.1) is 0 Å². The molecule has 0 spiro atoms. The van der Waals surface area contributed by atoms with Crippen LogP contribution in [-0.2, 0) is 0 Å². The van der Waals surface area contributed by atoms with Crippen LogP contribution in [0.3, 0.4) is 0 Å². The van der Waals surface area contributed by atoms with Crippen LogP contribution in [0, 0.1) is 11.8 Å². The van der Waals surface area contributed by atoms with Gasteiger partial charge in [0.25, 0.3) is 0 Å². The van der Waals surface area contributed by atoms with Crippen molar-refractivity contribution < 1.29 is 0 Å². The van der Waals surface area contributed by atoms with Crippen LogP contribution in [-0.4, -0.2) is 37.1 Å². The smallest absolute Gasteiger partial charge is 0.0195 e. The Morgan fingerprint density at radius 1 is 0.947 bits per heavy atom. The first-order valence-electron chi connectivity index (χ1n) is 8.53. The lowest BCUT2D eigenvalue weighted by Crippen LogP contribution is -2.42. The highest BCUT2D eigenvalue weighted by Gasteiger charge is 2.16. The fourth-order valence-corrected chi connectivity index (χ4v) is 2.74. The van der Waals surface area contributed by atoms with Crippen molar-refractivity contribution in [2.24, 2.45) is 11.8 Å². The van der Waals surface area contributed by atoms with Gasteiger partial charge in [0.15, 0.2) is 0 Å². The Morgan fingerprint density at radius 3 is 2.16 bits per heavy atom. The van der Waals surface area contributed by atoms with Crippen molar-refractivity contribution in [1.82, 2.24) is 10.2 Å². The molecule has 0 saturated carbocycles. The molecular weight excluding hydrogens is 232 g/mol. The molecule has 1 heterocycles. The van der Waals surface area contributed by atoms with Crippen molar-refractivity contribution in [3.05, 3.63) is 0 Å². The molecule has 0 aliphatic carbocycles. The van der Waals surface area contributed by atoms with Crippen molar-refractivity contribution in [1.29, 1.82) is 0 Å². The van der Waals surface area contributed by atoms with Crippen molar-refractivity contribution in [2.75, 3.05) is 26.2 Å². The number of hydrogen-bond donors (Lipinski definition) is 1. The van der Waals surface area contributed by atoms with Gasteiger partial charge in [-0.1, -0.05) is 40.5 Å². The second-order valence-electron chi connectivity index (χ2n) is 7.17. The Bertz CT molecular complexity index is 193. The molecule has 1 N–H and O–H groups in total. The molecule has 1 fully saturated rings. The van der Waals surface area contributed by atoms with E-state index in [1.807, 2.05) is 0 Å². The van der Waals surface area contributed by atoms with Gasteiger partial charge in [-0.05, 0) is 57.2 Å². The van der Waals surface area contributed by atoms with E-state index in [2.05, 4.69) is 37.9 Å². The summed E-state index contributed by atoms with van der Waals surface area (Å²) in [6, 6.07) is 0.738. The normalized spacial score (nSPS) is 21.3. The largest absolute Gasteiger partial charge is 0.313 e. The summed E-state index contributed by atoms with van der Waals surface area (Å²) in [7, 11) is 0. The third-order valence-corrected chi connectivity index (χ3v) is 4.19. The second-order valence-corrected chi connectivity index (χ2v) is 7.17. The molecule has 114 valence electrons. The predicted molar refractivity (Wildman–Crippen MR) is 85.6 cm³/mol. The molecule has 1 saturated heterocycles. The predicted octanol–water partition coefficient (Wildman–Crippen LogP) is 3.91. The Morgan fingerprint density at radius 2 is 1.58 bits per heavy atom. The zero-order chi connectivity index (χ0) is 14.1. The molecular formula is C17H36N2. The van der Waals surface area contributed by atoms with Gasteiger partial charge in [-0.2, -0.15) is 0 Å². The molecule has 0 aromatic heterocycles. The third kappa shape index (κ3) is 8.65. The van der Waals surface area contributed by atoms with Crippen LogP contribution in [0.5, 0.6) is 0 Å². The summed E-state index contributed by atoms with van der Waals surface area (Å²) in [6.07, 6.45) is 8.26. The maximum atomic E-state index is 3.75. The lowest BCUT2D eigenvalue weighted by molar-refractivity contribution is 0.216. The highest BCUT2D eigenvalue weighted by Crippen LogP contribution is 2.12. The van der Waals surface area contributed by atoms with Gasteiger partial charge >= 0.3 is 0 Å². The van der Waals surface area contributed by atoms with Crippen LogP contribution in [0.2, 0.25) is 0 Å². The average Bonchev–Trinajstić information content (AvgIpc) is 2.60. The Kier molecular flexibility index (Phi) is 8.72. The highest BCUT2D eigenvalue weighted by atomic mass is 15.1. The zero-order valence-electron chi connectivity index (χ0n) is 13.8. The first kappa shape index (κ1) is 17.0. The Labute approximate surface area is 121 Å². The van der Waals surface area contributed by atoms with Crippen LogP contribution in [0.25, 0.3) is 0 Å². The van der Waals surface area contributed by atoms with E-state index in [4.69, 9.17) is 0 Å². The molecule has 0 unspecified atom stereocenters. The van der Waals surface area contributed by atoms with Gasteiger partial charge in [-0.3, -0.25) is 0 Å². The second kappa shape index (κ2) is 9.77. The SMILES string of the molecule is CC(C)CCN(CCC(C)C)C[C@@H]1CCCCCN1. The van der Waals surface area contributed by atoms with Crippen LogP contribution >= 0.6 is 0 Å². The maximum Gasteiger partial charge on any atom is 0.0195 e. The third-order valence-electron chi connectivity index (χ3n) is 4.19. The van der Waals surface area contributed by atoms with Crippen LogP contribution in [0.15, 0.2) is 0 Å². The fraction of sp³-hybridized carbons (Fsp3) is 1.00.